The van der Waals surface area contributed by atoms with Gasteiger partial charge in [0.15, 0.2) is 0 Å². The second-order valence-corrected chi connectivity index (χ2v) is 4.26. The predicted molar refractivity (Wildman–Crippen MR) is 68.8 cm³/mol. The minimum Gasteiger partial charge on any atom is -0.382 e. The Morgan fingerprint density at radius 1 is 1.31 bits per heavy atom. The van der Waals surface area contributed by atoms with Crippen molar-refractivity contribution in [1.29, 1.82) is 0 Å². The molecular weight excluding hydrogens is 200 g/mol. The maximum atomic E-state index is 5.84. The maximum Gasteiger partial charge on any atom is 0.0725 e. The molecule has 0 aliphatic rings. The Kier molecular flexibility index (Phi) is 4.77. The Balaban J connectivity index is 2.78. The van der Waals surface area contributed by atoms with Gasteiger partial charge >= 0.3 is 0 Å². The molecule has 0 radical (unpaired) electrons. The molecule has 0 saturated carbocycles. The van der Waals surface area contributed by atoms with Crippen LogP contribution in [0.3, 0.4) is 0 Å². The van der Waals surface area contributed by atoms with Crippen LogP contribution in [0.15, 0.2) is 24.3 Å². The van der Waals surface area contributed by atoms with Gasteiger partial charge < -0.3 is 15.8 Å². The highest BCUT2D eigenvalue weighted by Crippen LogP contribution is 2.18. The van der Waals surface area contributed by atoms with Crippen molar-refractivity contribution in [1.82, 2.24) is 0 Å². The van der Waals surface area contributed by atoms with E-state index in [4.69, 9.17) is 10.5 Å². The summed E-state index contributed by atoms with van der Waals surface area (Å²) in [6.45, 7) is 5.38. The van der Waals surface area contributed by atoms with Crippen LogP contribution in [0.2, 0.25) is 0 Å². The van der Waals surface area contributed by atoms with E-state index in [-0.39, 0.29) is 5.54 Å². The topological polar surface area (TPSA) is 47.3 Å². The molecule has 1 aromatic carbocycles. The van der Waals surface area contributed by atoms with E-state index in [0.717, 1.165) is 12.1 Å². The lowest BCUT2D eigenvalue weighted by atomic mass is 9.96. The Bertz CT molecular complexity index is 304. The van der Waals surface area contributed by atoms with Crippen molar-refractivity contribution in [2.75, 3.05) is 25.6 Å². The summed E-state index contributed by atoms with van der Waals surface area (Å²) in [5.74, 6) is 0. The average Bonchev–Trinajstić information content (AvgIpc) is 2.31. The highest BCUT2D eigenvalue weighted by Gasteiger charge is 2.26. The van der Waals surface area contributed by atoms with E-state index in [2.05, 4.69) is 43.4 Å². The first-order chi connectivity index (χ1) is 7.65. The van der Waals surface area contributed by atoms with Gasteiger partial charge in [0, 0.05) is 19.3 Å². The third-order valence-electron chi connectivity index (χ3n) is 2.95. The Labute approximate surface area is 98.0 Å². The van der Waals surface area contributed by atoms with Crippen molar-refractivity contribution in [3.63, 3.8) is 0 Å². The second-order valence-electron chi connectivity index (χ2n) is 4.26. The lowest BCUT2D eigenvalue weighted by molar-refractivity contribution is 0.143. The zero-order valence-corrected chi connectivity index (χ0v) is 10.4. The smallest absolute Gasteiger partial charge is 0.0725 e. The molecule has 1 unspecified atom stereocenters. The molecule has 0 aliphatic heterocycles. The van der Waals surface area contributed by atoms with Gasteiger partial charge in [0.1, 0.15) is 0 Å². The van der Waals surface area contributed by atoms with Crippen molar-refractivity contribution in [2.24, 2.45) is 5.73 Å². The van der Waals surface area contributed by atoms with Crippen LogP contribution < -0.4 is 11.1 Å². The zero-order valence-electron chi connectivity index (χ0n) is 10.4. The Hall–Kier alpha value is -1.06. The molecular formula is C13H22N2O. The molecule has 0 heterocycles. The number of methoxy groups -OCH3 is 1. The van der Waals surface area contributed by atoms with E-state index in [1.54, 1.807) is 7.11 Å². The normalized spacial score (nSPS) is 14.5. The van der Waals surface area contributed by atoms with E-state index in [1.807, 2.05) is 0 Å². The summed E-state index contributed by atoms with van der Waals surface area (Å²) < 4.78 is 5.24. The fraction of sp³-hybridized carbons (Fsp3) is 0.538. The van der Waals surface area contributed by atoms with Crippen LogP contribution >= 0.6 is 0 Å². The highest BCUT2D eigenvalue weighted by molar-refractivity contribution is 5.47. The monoisotopic (exact) mass is 222 g/mol. The SMILES string of the molecule is CCC(CN)(COC)Nc1ccc(C)cc1. The summed E-state index contributed by atoms with van der Waals surface area (Å²) in [5.41, 5.74) is 8.03. The number of aryl methyl sites for hydroxylation is 1. The van der Waals surface area contributed by atoms with Crippen LogP contribution in [0.1, 0.15) is 18.9 Å². The summed E-state index contributed by atoms with van der Waals surface area (Å²) >= 11 is 0. The van der Waals surface area contributed by atoms with Gasteiger partial charge in [-0.05, 0) is 25.5 Å². The molecule has 0 spiro atoms. The van der Waals surface area contributed by atoms with Crippen LogP contribution in [-0.4, -0.2) is 25.8 Å². The molecule has 0 amide bonds. The highest BCUT2D eigenvalue weighted by atomic mass is 16.5. The zero-order chi connectivity index (χ0) is 12.0. The molecule has 90 valence electrons. The van der Waals surface area contributed by atoms with E-state index < -0.39 is 0 Å². The van der Waals surface area contributed by atoms with Crippen LogP contribution in [0.4, 0.5) is 5.69 Å². The standard InChI is InChI=1S/C13H22N2O/c1-4-13(9-14,10-16-3)15-12-7-5-11(2)6-8-12/h5-8,15H,4,9-10,14H2,1-3H3. The van der Waals surface area contributed by atoms with Gasteiger partial charge in [-0.2, -0.15) is 0 Å². The first kappa shape index (κ1) is 13.0. The molecule has 1 atom stereocenters. The largest absolute Gasteiger partial charge is 0.382 e. The molecule has 1 rings (SSSR count). The molecule has 16 heavy (non-hydrogen) atoms. The molecule has 3 heteroatoms. The van der Waals surface area contributed by atoms with Gasteiger partial charge in [-0.25, -0.2) is 0 Å². The minimum atomic E-state index is -0.163. The lowest BCUT2D eigenvalue weighted by Gasteiger charge is -2.33. The van der Waals surface area contributed by atoms with E-state index >= 15 is 0 Å². The predicted octanol–water partition coefficient (Wildman–Crippen LogP) is 2.16. The van der Waals surface area contributed by atoms with Crippen LogP contribution in [0.25, 0.3) is 0 Å². The third kappa shape index (κ3) is 3.22. The number of nitrogens with one attached hydrogen (secondary N) is 1. The Morgan fingerprint density at radius 2 is 1.94 bits per heavy atom. The molecule has 0 saturated heterocycles. The van der Waals surface area contributed by atoms with Gasteiger partial charge in [0.05, 0.1) is 12.1 Å². The summed E-state index contributed by atoms with van der Waals surface area (Å²) in [6.07, 6.45) is 0.936. The molecule has 3 N–H and O–H groups in total. The van der Waals surface area contributed by atoms with Crippen molar-refractivity contribution in [3.05, 3.63) is 29.8 Å². The molecule has 1 aromatic rings. The first-order valence-electron chi connectivity index (χ1n) is 5.69. The fourth-order valence-corrected chi connectivity index (χ4v) is 1.70. The van der Waals surface area contributed by atoms with Gasteiger partial charge in [-0.3, -0.25) is 0 Å². The molecule has 0 aromatic heterocycles. The number of hydrogen-bond acceptors (Lipinski definition) is 3. The summed E-state index contributed by atoms with van der Waals surface area (Å²) in [7, 11) is 1.71. The van der Waals surface area contributed by atoms with Gasteiger partial charge in [0.2, 0.25) is 0 Å². The lowest BCUT2D eigenvalue weighted by Crippen LogP contribution is -2.48. The van der Waals surface area contributed by atoms with Crippen LogP contribution in [0, 0.1) is 6.92 Å². The van der Waals surface area contributed by atoms with Crippen molar-refractivity contribution < 1.29 is 4.74 Å². The first-order valence-corrected chi connectivity index (χ1v) is 5.69. The van der Waals surface area contributed by atoms with E-state index in [0.29, 0.717) is 13.2 Å². The number of anilines is 1. The van der Waals surface area contributed by atoms with E-state index in [1.165, 1.54) is 5.56 Å². The minimum absolute atomic E-state index is 0.163. The van der Waals surface area contributed by atoms with Gasteiger partial charge in [-0.1, -0.05) is 24.6 Å². The average molecular weight is 222 g/mol. The van der Waals surface area contributed by atoms with E-state index in [9.17, 15) is 0 Å². The molecule has 3 nitrogen and oxygen atoms in total. The van der Waals surface area contributed by atoms with Crippen LogP contribution in [0.5, 0.6) is 0 Å². The molecule has 0 aliphatic carbocycles. The quantitative estimate of drug-likeness (QED) is 0.775. The Morgan fingerprint density at radius 3 is 2.38 bits per heavy atom. The molecule has 0 bridgehead atoms. The number of hydrogen-bond donors (Lipinski definition) is 2. The fourth-order valence-electron chi connectivity index (χ4n) is 1.70. The third-order valence-corrected chi connectivity index (χ3v) is 2.95. The van der Waals surface area contributed by atoms with Gasteiger partial charge in [-0.15, -0.1) is 0 Å². The van der Waals surface area contributed by atoms with Crippen LogP contribution in [-0.2, 0) is 4.74 Å². The summed E-state index contributed by atoms with van der Waals surface area (Å²) in [6, 6.07) is 8.33. The maximum absolute atomic E-state index is 5.84. The van der Waals surface area contributed by atoms with Crippen molar-refractivity contribution in [3.8, 4) is 0 Å². The number of ether oxygens (including phenoxy) is 1. The van der Waals surface area contributed by atoms with Gasteiger partial charge in [0.25, 0.3) is 0 Å². The number of rotatable bonds is 6. The number of benzene rings is 1. The molecule has 0 fully saturated rings. The summed E-state index contributed by atoms with van der Waals surface area (Å²) in [5, 5.41) is 3.47. The number of nitrogens with two attached hydrogens (primary N) is 1. The summed E-state index contributed by atoms with van der Waals surface area (Å²) in [4.78, 5) is 0. The second kappa shape index (κ2) is 5.87. The van der Waals surface area contributed by atoms with Crippen molar-refractivity contribution in [2.45, 2.75) is 25.8 Å². The van der Waals surface area contributed by atoms with Crippen molar-refractivity contribution >= 4 is 5.69 Å².